The lowest BCUT2D eigenvalue weighted by Crippen LogP contribution is -2.46. The second-order valence-corrected chi connectivity index (χ2v) is 4.38. The number of carboxylic acids is 1. The zero-order valence-corrected chi connectivity index (χ0v) is 11.4. The Labute approximate surface area is 116 Å². The molecule has 2 N–H and O–H groups in total. The Hall–Kier alpha value is -2.11. The molecule has 0 radical (unpaired) electrons. The van der Waals surface area contributed by atoms with Gasteiger partial charge in [0.15, 0.2) is 17.7 Å². The zero-order chi connectivity index (χ0) is 15.1. The van der Waals surface area contributed by atoms with Crippen LogP contribution in [0.3, 0.4) is 0 Å². The van der Waals surface area contributed by atoms with E-state index in [1.165, 1.54) is 25.1 Å². The van der Waals surface area contributed by atoms with Gasteiger partial charge in [-0.05, 0) is 25.5 Å². The molecule has 1 rings (SSSR count). The van der Waals surface area contributed by atoms with E-state index in [-0.39, 0.29) is 5.75 Å². The number of aliphatic carboxylic acids is 1. The average Bonchev–Trinajstić information content (AvgIpc) is 2.40. The van der Waals surface area contributed by atoms with E-state index in [1.807, 2.05) is 6.92 Å². The highest BCUT2D eigenvalue weighted by atomic mass is 19.1. The summed E-state index contributed by atoms with van der Waals surface area (Å²) in [6.07, 6.45) is -0.0292. The van der Waals surface area contributed by atoms with Gasteiger partial charge >= 0.3 is 5.97 Å². The molecule has 2 unspecified atom stereocenters. The molecule has 0 aliphatic heterocycles. The first-order valence-corrected chi connectivity index (χ1v) is 6.40. The fourth-order valence-electron chi connectivity index (χ4n) is 1.62. The van der Waals surface area contributed by atoms with Crippen LogP contribution in [0, 0.1) is 5.82 Å². The Balaban J connectivity index is 2.63. The summed E-state index contributed by atoms with van der Waals surface area (Å²) < 4.78 is 18.6. The molecule has 0 aliphatic carbocycles. The quantitative estimate of drug-likeness (QED) is 0.802. The number of carboxylic acid groups (broad SMARTS) is 1. The highest BCUT2D eigenvalue weighted by molar-refractivity contribution is 5.86. The summed E-state index contributed by atoms with van der Waals surface area (Å²) in [5.41, 5.74) is 0. The summed E-state index contributed by atoms with van der Waals surface area (Å²) in [7, 11) is 0. The Kier molecular flexibility index (Phi) is 5.96. The summed E-state index contributed by atoms with van der Waals surface area (Å²) >= 11 is 0. The summed E-state index contributed by atoms with van der Waals surface area (Å²) in [6.45, 7) is 3.26. The van der Waals surface area contributed by atoms with E-state index in [0.717, 1.165) is 0 Å². The molecule has 1 aromatic rings. The summed E-state index contributed by atoms with van der Waals surface area (Å²) in [5.74, 6) is -2.31. The fourth-order valence-corrected chi connectivity index (χ4v) is 1.62. The smallest absolute Gasteiger partial charge is 0.326 e. The molecule has 0 heterocycles. The predicted octanol–water partition coefficient (Wildman–Crippen LogP) is 1.96. The predicted molar refractivity (Wildman–Crippen MR) is 71.0 cm³/mol. The van der Waals surface area contributed by atoms with E-state index in [2.05, 4.69) is 5.32 Å². The molecule has 0 fully saturated rings. The normalized spacial score (nSPS) is 13.3. The Morgan fingerprint density at radius 2 is 2.05 bits per heavy atom. The van der Waals surface area contributed by atoms with Crippen LogP contribution >= 0.6 is 0 Å². The van der Waals surface area contributed by atoms with E-state index in [0.29, 0.717) is 12.8 Å². The molecular weight excluding hydrogens is 265 g/mol. The number of nitrogens with one attached hydrogen (secondary N) is 1. The maximum atomic E-state index is 13.4. The van der Waals surface area contributed by atoms with Crippen molar-refractivity contribution in [2.24, 2.45) is 0 Å². The maximum Gasteiger partial charge on any atom is 0.326 e. The van der Waals surface area contributed by atoms with Crippen molar-refractivity contribution in [3.8, 4) is 5.75 Å². The van der Waals surface area contributed by atoms with Crippen molar-refractivity contribution >= 4 is 11.9 Å². The number of para-hydroxylation sites is 1. The molecule has 0 spiro atoms. The largest absolute Gasteiger partial charge is 0.480 e. The number of amides is 1. The number of benzene rings is 1. The van der Waals surface area contributed by atoms with Crippen molar-refractivity contribution in [2.45, 2.75) is 38.8 Å². The van der Waals surface area contributed by atoms with Gasteiger partial charge in [0, 0.05) is 0 Å². The summed E-state index contributed by atoms with van der Waals surface area (Å²) in [6, 6.07) is 4.75. The number of carbonyl (C=O) groups excluding carboxylic acids is 1. The molecule has 0 aromatic heterocycles. The van der Waals surface area contributed by atoms with Crippen LogP contribution in [0.2, 0.25) is 0 Å². The van der Waals surface area contributed by atoms with E-state index < -0.39 is 29.8 Å². The van der Waals surface area contributed by atoms with Gasteiger partial charge in [-0.25, -0.2) is 9.18 Å². The van der Waals surface area contributed by atoms with Crippen molar-refractivity contribution < 1.29 is 23.8 Å². The Morgan fingerprint density at radius 3 is 2.60 bits per heavy atom. The van der Waals surface area contributed by atoms with Gasteiger partial charge in [-0.1, -0.05) is 25.5 Å². The minimum absolute atomic E-state index is 0.0440. The van der Waals surface area contributed by atoms with Gasteiger partial charge in [0.05, 0.1) is 0 Å². The third-order valence-corrected chi connectivity index (χ3v) is 2.70. The third-order valence-electron chi connectivity index (χ3n) is 2.70. The minimum atomic E-state index is -1.10. The maximum absolute atomic E-state index is 13.4. The van der Waals surface area contributed by atoms with Crippen LogP contribution in [-0.4, -0.2) is 29.1 Å². The molecule has 0 aliphatic rings. The molecule has 1 aromatic carbocycles. The number of carbonyl (C=O) groups is 2. The number of ether oxygens (including phenoxy) is 1. The van der Waals surface area contributed by atoms with Crippen molar-refractivity contribution in [3.05, 3.63) is 30.1 Å². The average molecular weight is 283 g/mol. The molecule has 0 saturated heterocycles. The van der Waals surface area contributed by atoms with E-state index in [4.69, 9.17) is 9.84 Å². The van der Waals surface area contributed by atoms with Crippen LogP contribution in [0.5, 0.6) is 5.75 Å². The number of hydrogen-bond donors (Lipinski definition) is 2. The van der Waals surface area contributed by atoms with Crippen molar-refractivity contribution in [1.29, 1.82) is 0 Å². The molecule has 1 amide bonds. The highest BCUT2D eigenvalue weighted by Crippen LogP contribution is 2.17. The van der Waals surface area contributed by atoms with Crippen LogP contribution in [-0.2, 0) is 9.59 Å². The van der Waals surface area contributed by atoms with E-state index >= 15 is 0 Å². The lowest BCUT2D eigenvalue weighted by Gasteiger charge is -2.18. The first-order chi connectivity index (χ1) is 9.45. The van der Waals surface area contributed by atoms with Crippen LogP contribution in [0.1, 0.15) is 26.7 Å². The molecule has 110 valence electrons. The molecule has 20 heavy (non-hydrogen) atoms. The summed E-state index contributed by atoms with van der Waals surface area (Å²) in [5, 5.41) is 11.3. The topological polar surface area (TPSA) is 75.6 Å². The fraction of sp³-hybridized carbons (Fsp3) is 0.429. The van der Waals surface area contributed by atoms with E-state index in [1.54, 1.807) is 6.07 Å². The van der Waals surface area contributed by atoms with E-state index in [9.17, 15) is 14.0 Å². The van der Waals surface area contributed by atoms with Crippen LogP contribution in [0.4, 0.5) is 4.39 Å². The first kappa shape index (κ1) is 15.9. The molecule has 2 atom stereocenters. The van der Waals surface area contributed by atoms with Gasteiger partial charge in [-0.15, -0.1) is 0 Å². The standard InChI is InChI=1S/C14H18FNO4/c1-3-6-11(14(18)19)16-13(17)9(2)20-12-8-5-4-7-10(12)15/h4-5,7-9,11H,3,6H2,1-2H3,(H,16,17)(H,18,19). The van der Waals surface area contributed by atoms with Gasteiger partial charge in [-0.2, -0.15) is 0 Å². The second kappa shape index (κ2) is 7.47. The molecule has 0 saturated carbocycles. The third kappa shape index (κ3) is 4.53. The van der Waals surface area contributed by atoms with Crippen molar-refractivity contribution in [3.63, 3.8) is 0 Å². The van der Waals surface area contributed by atoms with Gasteiger partial charge < -0.3 is 15.2 Å². The Bertz CT molecular complexity index is 478. The summed E-state index contributed by atoms with van der Waals surface area (Å²) in [4.78, 5) is 22.8. The highest BCUT2D eigenvalue weighted by Gasteiger charge is 2.23. The second-order valence-electron chi connectivity index (χ2n) is 4.38. The van der Waals surface area contributed by atoms with Gasteiger partial charge in [0.25, 0.3) is 5.91 Å². The van der Waals surface area contributed by atoms with Gasteiger partial charge in [0.2, 0.25) is 0 Å². The number of hydrogen-bond acceptors (Lipinski definition) is 3. The van der Waals surface area contributed by atoms with Gasteiger partial charge in [0.1, 0.15) is 6.04 Å². The molecule has 5 nitrogen and oxygen atoms in total. The van der Waals surface area contributed by atoms with Crippen LogP contribution in [0.15, 0.2) is 24.3 Å². The monoisotopic (exact) mass is 283 g/mol. The SMILES string of the molecule is CCCC(NC(=O)C(C)Oc1ccccc1F)C(=O)O. The van der Waals surface area contributed by atoms with Crippen molar-refractivity contribution in [2.75, 3.05) is 0 Å². The zero-order valence-electron chi connectivity index (χ0n) is 11.4. The molecular formula is C14H18FNO4. The number of halogens is 1. The van der Waals surface area contributed by atoms with Crippen LogP contribution < -0.4 is 10.1 Å². The molecule has 6 heteroatoms. The number of rotatable bonds is 7. The minimum Gasteiger partial charge on any atom is -0.480 e. The lowest BCUT2D eigenvalue weighted by molar-refractivity contribution is -0.143. The van der Waals surface area contributed by atoms with Crippen LogP contribution in [0.25, 0.3) is 0 Å². The lowest BCUT2D eigenvalue weighted by atomic mass is 10.1. The van der Waals surface area contributed by atoms with Gasteiger partial charge in [-0.3, -0.25) is 4.79 Å². The molecule has 0 bridgehead atoms. The first-order valence-electron chi connectivity index (χ1n) is 6.40. The Morgan fingerprint density at radius 1 is 1.40 bits per heavy atom. The van der Waals surface area contributed by atoms with Crippen molar-refractivity contribution in [1.82, 2.24) is 5.32 Å².